The molecule has 0 radical (unpaired) electrons. The SMILES string of the molecule is Cc1ccc(C)c(OC[B-](F)(F)F)c1C. The Bertz CT molecular complexity index is 360. The molecule has 0 spiro atoms. The third-order valence-electron chi connectivity index (χ3n) is 2.29. The molecule has 0 saturated carbocycles. The first kappa shape index (κ1) is 11.9. The summed E-state index contributed by atoms with van der Waals surface area (Å²) >= 11 is 0. The van der Waals surface area contributed by atoms with Crippen LogP contribution in [0.15, 0.2) is 12.1 Å². The average Bonchev–Trinajstić information content (AvgIpc) is 2.10. The Hall–Kier alpha value is -1.13. The summed E-state index contributed by atoms with van der Waals surface area (Å²) in [6.45, 7) is -0.712. The minimum absolute atomic E-state index is 0.356. The molecule has 84 valence electrons. The van der Waals surface area contributed by atoms with Crippen LogP contribution in [0.25, 0.3) is 0 Å². The smallest absolute Gasteiger partial charge is 0.515 e. The molecule has 0 amide bonds. The lowest BCUT2D eigenvalue weighted by molar-refractivity contribution is 0.310. The van der Waals surface area contributed by atoms with Crippen molar-refractivity contribution in [3.63, 3.8) is 0 Å². The number of benzene rings is 1. The van der Waals surface area contributed by atoms with Gasteiger partial charge in [-0.3, -0.25) is 0 Å². The highest BCUT2D eigenvalue weighted by Crippen LogP contribution is 2.26. The van der Waals surface area contributed by atoms with Crippen molar-refractivity contribution in [1.29, 1.82) is 0 Å². The van der Waals surface area contributed by atoms with Gasteiger partial charge in [-0.15, -0.1) is 0 Å². The molecule has 0 N–H and O–H groups in total. The van der Waals surface area contributed by atoms with Gasteiger partial charge in [0.25, 0.3) is 0 Å². The quantitative estimate of drug-likeness (QED) is 0.705. The second-order valence-corrected chi connectivity index (χ2v) is 3.67. The maximum atomic E-state index is 12.0. The Morgan fingerprint density at radius 1 is 1.07 bits per heavy atom. The first-order valence-corrected chi connectivity index (χ1v) is 4.72. The van der Waals surface area contributed by atoms with Gasteiger partial charge in [-0.1, -0.05) is 12.1 Å². The number of hydrogen-bond donors (Lipinski definition) is 0. The summed E-state index contributed by atoms with van der Waals surface area (Å²) in [5.41, 5.74) is 2.44. The van der Waals surface area contributed by atoms with E-state index in [2.05, 4.69) is 0 Å². The van der Waals surface area contributed by atoms with Crippen molar-refractivity contribution in [2.24, 2.45) is 0 Å². The van der Waals surface area contributed by atoms with Crippen LogP contribution in [0.2, 0.25) is 0 Å². The first-order chi connectivity index (χ1) is 6.81. The van der Waals surface area contributed by atoms with Crippen LogP contribution in [0.5, 0.6) is 5.75 Å². The number of aryl methyl sites for hydroxylation is 2. The van der Waals surface area contributed by atoms with Gasteiger partial charge >= 0.3 is 6.98 Å². The Balaban J connectivity index is 2.90. The standard InChI is InChI=1S/C10H13BF3O/c1-7-4-5-8(2)10(9(7)3)15-6-11(12,13)14/h4-5H,6H2,1-3H3/q-1. The van der Waals surface area contributed by atoms with E-state index in [1.807, 2.05) is 13.0 Å². The second kappa shape index (κ2) is 4.17. The summed E-state index contributed by atoms with van der Waals surface area (Å²) in [5.74, 6) is 0.356. The van der Waals surface area contributed by atoms with Gasteiger partial charge in [-0.2, -0.15) is 0 Å². The molecule has 1 rings (SSSR count). The average molecular weight is 217 g/mol. The minimum atomic E-state index is -4.89. The number of ether oxygens (including phenoxy) is 1. The van der Waals surface area contributed by atoms with Crippen molar-refractivity contribution in [2.75, 3.05) is 6.51 Å². The molecule has 0 heterocycles. The van der Waals surface area contributed by atoms with Crippen molar-refractivity contribution in [3.8, 4) is 5.75 Å². The van der Waals surface area contributed by atoms with Crippen LogP contribution in [-0.4, -0.2) is 13.5 Å². The van der Waals surface area contributed by atoms with E-state index in [1.165, 1.54) is 0 Å². The summed E-state index contributed by atoms with van der Waals surface area (Å²) in [6, 6.07) is 3.64. The van der Waals surface area contributed by atoms with E-state index in [0.717, 1.165) is 16.7 Å². The van der Waals surface area contributed by atoms with E-state index in [1.54, 1.807) is 19.9 Å². The largest absolute Gasteiger partial charge is 0.521 e. The molecule has 0 aliphatic carbocycles. The molecule has 0 aliphatic rings. The van der Waals surface area contributed by atoms with E-state index in [9.17, 15) is 12.9 Å². The van der Waals surface area contributed by atoms with Crippen LogP contribution in [0.4, 0.5) is 12.9 Å². The van der Waals surface area contributed by atoms with Crippen molar-refractivity contribution in [1.82, 2.24) is 0 Å². The van der Waals surface area contributed by atoms with Crippen LogP contribution in [-0.2, 0) is 0 Å². The topological polar surface area (TPSA) is 9.23 Å². The normalized spacial score (nSPS) is 11.6. The number of rotatable bonds is 3. The minimum Gasteiger partial charge on any atom is -0.521 e. The zero-order valence-corrected chi connectivity index (χ0v) is 8.98. The van der Waals surface area contributed by atoms with Gasteiger partial charge in [0.1, 0.15) is 5.75 Å². The van der Waals surface area contributed by atoms with Gasteiger partial charge in [0.2, 0.25) is 0 Å². The highest BCUT2D eigenvalue weighted by Gasteiger charge is 2.24. The lowest BCUT2D eigenvalue weighted by Crippen LogP contribution is -2.26. The summed E-state index contributed by atoms with van der Waals surface area (Å²) in [5, 5.41) is 0. The highest BCUT2D eigenvalue weighted by atomic mass is 19.4. The van der Waals surface area contributed by atoms with Gasteiger partial charge in [0.15, 0.2) is 0 Å². The summed E-state index contributed by atoms with van der Waals surface area (Å²) in [4.78, 5) is 0. The van der Waals surface area contributed by atoms with E-state index in [4.69, 9.17) is 4.74 Å². The van der Waals surface area contributed by atoms with E-state index < -0.39 is 13.5 Å². The molecule has 15 heavy (non-hydrogen) atoms. The van der Waals surface area contributed by atoms with Gasteiger partial charge in [-0.25, -0.2) is 0 Å². The third-order valence-corrected chi connectivity index (χ3v) is 2.29. The predicted molar refractivity (Wildman–Crippen MR) is 55.2 cm³/mol. The highest BCUT2D eigenvalue weighted by molar-refractivity contribution is 6.58. The summed E-state index contributed by atoms with van der Waals surface area (Å²) in [6.07, 6.45) is 0. The fourth-order valence-corrected chi connectivity index (χ4v) is 1.33. The van der Waals surface area contributed by atoms with E-state index in [0.29, 0.717) is 5.75 Å². The van der Waals surface area contributed by atoms with Crippen molar-refractivity contribution in [3.05, 3.63) is 28.8 Å². The van der Waals surface area contributed by atoms with Crippen LogP contribution >= 0.6 is 0 Å². The molecule has 0 aliphatic heterocycles. The van der Waals surface area contributed by atoms with Crippen LogP contribution in [0.3, 0.4) is 0 Å². The second-order valence-electron chi connectivity index (χ2n) is 3.67. The maximum absolute atomic E-state index is 12.0. The Morgan fingerprint density at radius 2 is 1.60 bits per heavy atom. The fraction of sp³-hybridized carbons (Fsp3) is 0.400. The Labute approximate surface area is 87.3 Å². The fourth-order valence-electron chi connectivity index (χ4n) is 1.33. The zero-order valence-electron chi connectivity index (χ0n) is 8.98. The van der Waals surface area contributed by atoms with E-state index in [-0.39, 0.29) is 0 Å². The molecular formula is C10H13BF3O-. The Morgan fingerprint density at radius 3 is 2.13 bits per heavy atom. The maximum Gasteiger partial charge on any atom is 0.515 e. The molecule has 5 heteroatoms. The number of hydrogen-bond acceptors (Lipinski definition) is 1. The monoisotopic (exact) mass is 217 g/mol. The molecule has 1 aromatic rings. The summed E-state index contributed by atoms with van der Waals surface area (Å²) < 4.78 is 40.9. The third kappa shape index (κ3) is 3.18. The summed E-state index contributed by atoms with van der Waals surface area (Å²) in [7, 11) is 0. The molecule has 0 bridgehead atoms. The number of halogens is 3. The first-order valence-electron chi connectivity index (χ1n) is 4.72. The zero-order chi connectivity index (χ0) is 11.6. The van der Waals surface area contributed by atoms with E-state index >= 15 is 0 Å². The van der Waals surface area contributed by atoms with Crippen molar-refractivity contribution < 1.29 is 17.7 Å². The molecule has 1 nitrogen and oxygen atoms in total. The van der Waals surface area contributed by atoms with Crippen LogP contribution < -0.4 is 4.74 Å². The molecule has 0 fully saturated rings. The predicted octanol–water partition coefficient (Wildman–Crippen LogP) is 3.38. The van der Waals surface area contributed by atoms with Crippen LogP contribution in [0, 0.1) is 20.8 Å². The molecule has 0 saturated heterocycles. The van der Waals surface area contributed by atoms with Gasteiger partial charge < -0.3 is 17.7 Å². The van der Waals surface area contributed by atoms with Crippen LogP contribution in [0.1, 0.15) is 16.7 Å². The molecular weight excluding hydrogens is 204 g/mol. The molecule has 0 unspecified atom stereocenters. The van der Waals surface area contributed by atoms with Gasteiger partial charge in [0.05, 0.1) is 6.51 Å². The van der Waals surface area contributed by atoms with Gasteiger partial charge in [0, 0.05) is 0 Å². The Kier molecular flexibility index (Phi) is 3.32. The lowest BCUT2D eigenvalue weighted by Gasteiger charge is -2.19. The molecule has 1 aromatic carbocycles. The van der Waals surface area contributed by atoms with Crippen molar-refractivity contribution in [2.45, 2.75) is 20.8 Å². The molecule has 0 atom stereocenters. The van der Waals surface area contributed by atoms with Gasteiger partial charge in [-0.05, 0) is 37.5 Å². The lowest BCUT2D eigenvalue weighted by atomic mass is 9.94. The van der Waals surface area contributed by atoms with Crippen molar-refractivity contribution >= 4 is 6.98 Å². The molecule has 0 aromatic heterocycles.